The van der Waals surface area contributed by atoms with Crippen LogP contribution in [0.25, 0.3) is 0 Å². The molecule has 0 spiro atoms. The van der Waals surface area contributed by atoms with Crippen molar-refractivity contribution in [2.45, 2.75) is 84.2 Å². The quantitative estimate of drug-likeness (QED) is 0.660. The Morgan fingerprint density at radius 1 is 1.28 bits per heavy atom. The molecular formula is C27H36O5. The second kappa shape index (κ2) is 6.97. The SMILES string of the molecule is C=C1CC2(C)C(C[C@H]3OC(CCC)O[C@]32C(=O)CO)C2CCC3=CC(=O)C=CC3(C)[C@@]12C. The van der Waals surface area contributed by atoms with E-state index in [-0.39, 0.29) is 34.4 Å². The topological polar surface area (TPSA) is 72.8 Å². The lowest BCUT2D eigenvalue weighted by Gasteiger charge is -2.64. The van der Waals surface area contributed by atoms with Crippen molar-refractivity contribution in [1.82, 2.24) is 0 Å². The molecular weight excluding hydrogens is 404 g/mol. The number of hydrogen-bond acceptors (Lipinski definition) is 5. The van der Waals surface area contributed by atoms with Crippen LogP contribution in [0.15, 0.2) is 36.0 Å². The number of hydrogen-bond donors (Lipinski definition) is 1. The first-order valence-electron chi connectivity index (χ1n) is 12.2. The van der Waals surface area contributed by atoms with Gasteiger partial charge in [0.2, 0.25) is 0 Å². The third-order valence-corrected chi connectivity index (χ3v) is 10.2. The Bertz CT molecular complexity index is 948. The predicted molar refractivity (Wildman–Crippen MR) is 121 cm³/mol. The molecule has 5 rings (SSSR count). The highest BCUT2D eigenvalue weighted by atomic mass is 16.7. The summed E-state index contributed by atoms with van der Waals surface area (Å²) in [5.74, 6) is 0.316. The van der Waals surface area contributed by atoms with Gasteiger partial charge in [-0.05, 0) is 56.1 Å². The average molecular weight is 441 g/mol. The second-order valence-electron chi connectivity index (χ2n) is 11.3. The van der Waals surface area contributed by atoms with E-state index in [1.807, 2.05) is 6.08 Å². The fourth-order valence-electron chi connectivity index (χ4n) is 8.40. The molecule has 0 aromatic heterocycles. The first kappa shape index (κ1) is 22.2. The van der Waals surface area contributed by atoms with Crippen molar-refractivity contribution in [2.24, 2.45) is 28.1 Å². The van der Waals surface area contributed by atoms with Gasteiger partial charge in [-0.15, -0.1) is 0 Å². The van der Waals surface area contributed by atoms with E-state index < -0.39 is 23.9 Å². The molecule has 4 fully saturated rings. The van der Waals surface area contributed by atoms with Crippen LogP contribution in [0.1, 0.15) is 66.2 Å². The Balaban J connectivity index is 1.60. The van der Waals surface area contributed by atoms with E-state index in [4.69, 9.17) is 9.47 Å². The van der Waals surface area contributed by atoms with Gasteiger partial charge in [0, 0.05) is 16.2 Å². The van der Waals surface area contributed by atoms with E-state index in [1.54, 1.807) is 6.08 Å². The highest BCUT2D eigenvalue weighted by Crippen LogP contribution is 2.74. The number of Topliss-reactive ketones (excluding diaryl/α,β-unsaturated/α-hetero) is 1. The molecule has 0 amide bonds. The van der Waals surface area contributed by atoms with Crippen molar-refractivity contribution in [2.75, 3.05) is 6.61 Å². The molecule has 5 nitrogen and oxygen atoms in total. The van der Waals surface area contributed by atoms with Gasteiger partial charge in [0.15, 0.2) is 23.5 Å². The maximum Gasteiger partial charge on any atom is 0.193 e. The lowest BCUT2D eigenvalue weighted by Crippen LogP contribution is -2.63. The molecule has 0 radical (unpaired) electrons. The molecule has 0 aromatic carbocycles. The summed E-state index contributed by atoms with van der Waals surface area (Å²) in [6.07, 6.45) is 9.78. The molecule has 1 heterocycles. The van der Waals surface area contributed by atoms with Crippen LogP contribution in [-0.4, -0.2) is 41.3 Å². The number of ketones is 2. The molecule has 5 heteroatoms. The van der Waals surface area contributed by atoms with Crippen molar-refractivity contribution in [3.8, 4) is 0 Å². The van der Waals surface area contributed by atoms with E-state index >= 15 is 0 Å². The molecule has 5 aliphatic rings. The third-order valence-electron chi connectivity index (χ3n) is 10.2. The van der Waals surface area contributed by atoms with Crippen molar-refractivity contribution in [1.29, 1.82) is 0 Å². The van der Waals surface area contributed by atoms with Gasteiger partial charge in [-0.1, -0.05) is 57.9 Å². The Hall–Kier alpha value is -1.56. The number of carbonyl (C=O) groups is 2. The van der Waals surface area contributed by atoms with Gasteiger partial charge < -0.3 is 14.6 Å². The number of allylic oxidation sites excluding steroid dienone is 5. The molecule has 4 aliphatic carbocycles. The molecule has 5 unspecified atom stereocenters. The minimum absolute atomic E-state index is 0.0671. The molecule has 32 heavy (non-hydrogen) atoms. The highest BCUT2D eigenvalue weighted by Gasteiger charge is 2.76. The molecule has 8 atom stereocenters. The van der Waals surface area contributed by atoms with E-state index in [1.165, 1.54) is 5.57 Å². The predicted octanol–water partition coefficient (Wildman–Crippen LogP) is 4.30. The molecule has 0 bridgehead atoms. The van der Waals surface area contributed by atoms with Gasteiger partial charge in [-0.25, -0.2) is 0 Å². The van der Waals surface area contributed by atoms with Gasteiger partial charge in [0.1, 0.15) is 6.61 Å². The fourth-order valence-corrected chi connectivity index (χ4v) is 8.40. The molecule has 0 aromatic rings. The highest BCUT2D eigenvalue weighted by molar-refractivity contribution is 6.01. The molecule has 174 valence electrons. The summed E-state index contributed by atoms with van der Waals surface area (Å²) >= 11 is 0. The van der Waals surface area contributed by atoms with Crippen LogP contribution >= 0.6 is 0 Å². The number of fused-ring (bicyclic) bond motifs is 7. The zero-order valence-corrected chi connectivity index (χ0v) is 19.8. The van der Waals surface area contributed by atoms with Crippen LogP contribution < -0.4 is 0 Å². The summed E-state index contributed by atoms with van der Waals surface area (Å²) < 4.78 is 12.9. The van der Waals surface area contributed by atoms with E-state index in [9.17, 15) is 14.7 Å². The van der Waals surface area contributed by atoms with E-state index in [0.717, 1.165) is 37.7 Å². The largest absolute Gasteiger partial charge is 0.388 e. The van der Waals surface area contributed by atoms with Gasteiger partial charge in [0.05, 0.1) is 6.10 Å². The maximum atomic E-state index is 13.4. The zero-order valence-electron chi connectivity index (χ0n) is 19.8. The minimum Gasteiger partial charge on any atom is -0.388 e. The monoisotopic (exact) mass is 440 g/mol. The summed E-state index contributed by atoms with van der Waals surface area (Å²) in [6.45, 7) is 12.9. The van der Waals surface area contributed by atoms with Crippen molar-refractivity contribution in [3.63, 3.8) is 0 Å². The molecule has 1 aliphatic heterocycles. The zero-order chi connectivity index (χ0) is 23.1. The van der Waals surface area contributed by atoms with Gasteiger partial charge in [0.25, 0.3) is 0 Å². The molecule has 1 saturated heterocycles. The summed E-state index contributed by atoms with van der Waals surface area (Å²) in [4.78, 5) is 25.5. The number of aliphatic hydroxyl groups excluding tert-OH is 1. The molecule has 3 saturated carbocycles. The van der Waals surface area contributed by atoms with Crippen LogP contribution in [0, 0.1) is 28.1 Å². The van der Waals surface area contributed by atoms with Crippen molar-refractivity contribution in [3.05, 3.63) is 36.0 Å². The van der Waals surface area contributed by atoms with Crippen LogP contribution in [-0.2, 0) is 19.1 Å². The standard InChI is InChI=1S/C27H36O5/c1-6-7-23-31-22-13-20-19-9-8-17-12-18(29)10-11-24(17,3)26(19,5)16(2)14-25(20,4)27(22,32-23)21(30)15-28/h10-12,19-20,22-23,28H,2,6-9,13-15H2,1,3-5H3/t19?,20?,22-,23?,24?,25?,26+,27-/m1/s1. The van der Waals surface area contributed by atoms with E-state index in [2.05, 4.69) is 40.3 Å². The summed E-state index contributed by atoms with van der Waals surface area (Å²) in [5.41, 5.74) is 0.230. The fraction of sp³-hybridized carbons (Fsp3) is 0.704. The Kier molecular flexibility index (Phi) is 4.85. The van der Waals surface area contributed by atoms with E-state index in [0.29, 0.717) is 12.3 Å². The Morgan fingerprint density at radius 3 is 2.72 bits per heavy atom. The van der Waals surface area contributed by atoms with Crippen LogP contribution in [0.5, 0.6) is 0 Å². The number of ether oxygens (including phenoxy) is 2. The van der Waals surface area contributed by atoms with Gasteiger partial charge in [-0.3, -0.25) is 9.59 Å². The lowest BCUT2D eigenvalue weighted by molar-refractivity contribution is -0.185. The normalized spacial score (nSPS) is 49.2. The lowest BCUT2D eigenvalue weighted by atomic mass is 9.39. The number of aliphatic hydroxyl groups is 1. The average Bonchev–Trinajstić information content (AvgIpc) is 3.22. The summed E-state index contributed by atoms with van der Waals surface area (Å²) in [6, 6.07) is 0. The van der Waals surface area contributed by atoms with Gasteiger partial charge in [-0.2, -0.15) is 0 Å². The number of rotatable bonds is 4. The Morgan fingerprint density at radius 2 is 2.03 bits per heavy atom. The maximum absolute atomic E-state index is 13.4. The van der Waals surface area contributed by atoms with Gasteiger partial charge >= 0.3 is 0 Å². The van der Waals surface area contributed by atoms with Crippen molar-refractivity contribution < 1.29 is 24.2 Å². The summed E-state index contributed by atoms with van der Waals surface area (Å²) in [7, 11) is 0. The number of carbonyl (C=O) groups excluding carboxylic acids is 2. The smallest absolute Gasteiger partial charge is 0.193 e. The second-order valence-corrected chi connectivity index (χ2v) is 11.3. The Labute approximate surface area is 190 Å². The first-order chi connectivity index (χ1) is 15.1. The van der Waals surface area contributed by atoms with Crippen LogP contribution in [0.3, 0.4) is 0 Å². The summed E-state index contributed by atoms with van der Waals surface area (Å²) in [5, 5.41) is 9.97. The molecule has 1 N–H and O–H groups in total. The first-order valence-corrected chi connectivity index (χ1v) is 12.2. The third kappa shape index (κ3) is 2.40. The minimum atomic E-state index is -1.12. The van der Waals surface area contributed by atoms with Crippen LogP contribution in [0.4, 0.5) is 0 Å². The van der Waals surface area contributed by atoms with Crippen LogP contribution in [0.2, 0.25) is 0 Å². The van der Waals surface area contributed by atoms with Crippen molar-refractivity contribution >= 4 is 11.6 Å².